The van der Waals surface area contributed by atoms with E-state index in [4.69, 9.17) is 16.3 Å². The lowest BCUT2D eigenvalue weighted by Crippen LogP contribution is -2.42. The third-order valence-electron chi connectivity index (χ3n) is 3.49. The van der Waals surface area contributed by atoms with E-state index >= 15 is 0 Å². The van der Waals surface area contributed by atoms with Gasteiger partial charge in [-0.3, -0.25) is 4.90 Å². The van der Waals surface area contributed by atoms with Gasteiger partial charge in [-0.15, -0.1) is 0 Å². The molecule has 6 heteroatoms. The molecule has 4 nitrogen and oxygen atoms in total. The van der Waals surface area contributed by atoms with Crippen LogP contribution in [0.3, 0.4) is 0 Å². The maximum absolute atomic E-state index is 12.1. The molecule has 0 amide bonds. The Labute approximate surface area is 131 Å². The monoisotopic (exact) mass is 317 g/mol. The van der Waals surface area contributed by atoms with Gasteiger partial charge in [0.15, 0.2) is 0 Å². The van der Waals surface area contributed by atoms with Crippen LogP contribution in [-0.2, 0) is 9.53 Å². The molecule has 1 aromatic rings. The summed E-state index contributed by atoms with van der Waals surface area (Å²) >= 11 is 6.18. The van der Waals surface area contributed by atoms with Crippen molar-refractivity contribution in [2.75, 3.05) is 20.2 Å². The molecule has 1 atom stereocenters. The molecule has 1 aromatic carbocycles. The van der Waals surface area contributed by atoms with E-state index in [9.17, 15) is 9.90 Å². The molecule has 1 aliphatic heterocycles. The van der Waals surface area contributed by atoms with Crippen molar-refractivity contribution in [3.05, 3.63) is 34.9 Å². The van der Waals surface area contributed by atoms with Crippen molar-refractivity contribution in [2.24, 2.45) is 0 Å². The summed E-state index contributed by atoms with van der Waals surface area (Å²) in [6.07, 6.45) is 1.05. The van der Waals surface area contributed by atoms with E-state index in [-0.39, 0.29) is 25.6 Å². The number of aliphatic hydroxyl groups excluding tert-OH is 1. The topological polar surface area (TPSA) is 49.8 Å². The number of hydrogen-bond acceptors (Lipinski definition) is 4. The highest BCUT2D eigenvalue weighted by Gasteiger charge is 2.32. The van der Waals surface area contributed by atoms with Gasteiger partial charge in [0, 0.05) is 18.1 Å². The van der Waals surface area contributed by atoms with Crippen LogP contribution in [0.1, 0.15) is 24.4 Å². The lowest BCUT2D eigenvalue weighted by Gasteiger charge is -2.35. The fourth-order valence-electron chi connectivity index (χ4n) is 2.43. The first-order chi connectivity index (χ1) is 9.13. The average molecular weight is 318 g/mol. The number of methoxy groups -OCH3 is 1. The standard InChI is InChI=1S/C14H18ClNO3.H2S/c1-19-14(18)13(11-4-2-3-5-12(11)15)16-8-6-10(17)7-9-16;/h2-5,10,13,17H,6-9H2,1H3;1H2/t13-;/m0./s1. The Morgan fingerprint density at radius 2 is 2.00 bits per heavy atom. The molecule has 1 heterocycles. The number of nitrogens with zero attached hydrogens (tertiary/aromatic N) is 1. The smallest absolute Gasteiger partial charge is 0.327 e. The minimum absolute atomic E-state index is 0. The van der Waals surface area contributed by atoms with Crippen LogP contribution in [0.25, 0.3) is 0 Å². The van der Waals surface area contributed by atoms with Crippen LogP contribution in [0.4, 0.5) is 0 Å². The summed E-state index contributed by atoms with van der Waals surface area (Å²) in [7, 11) is 1.38. The number of ether oxygens (including phenoxy) is 1. The zero-order chi connectivity index (χ0) is 13.8. The van der Waals surface area contributed by atoms with Crippen LogP contribution < -0.4 is 0 Å². The highest BCUT2D eigenvalue weighted by molar-refractivity contribution is 7.59. The number of aliphatic hydroxyl groups is 1. The molecule has 0 aliphatic carbocycles. The van der Waals surface area contributed by atoms with Gasteiger partial charge in [0.2, 0.25) is 0 Å². The maximum Gasteiger partial charge on any atom is 0.327 e. The Balaban J connectivity index is 0.00000200. The summed E-state index contributed by atoms with van der Waals surface area (Å²) < 4.78 is 4.90. The summed E-state index contributed by atoms with van der Waals surface area (Å²) in [5.41, 5.74) is 0.757. The second kappa shape index (κ2) is 7.88. The quantitative estimate of drug-likeness (QED) is 0.868. The van der Waals surface area contributed by atoms with Gasteiger partial charge in [-0.2, -0.15) is 13.5 Å². The molecule has 0 saturated carbocycles. The molecule has 1 N–H and O–H groups in total. The van der Waals surface area contributed by atoms with Crippen LogP contribution >= 0.6 is 25.1 Å². The second-order valence-electron chi connectivity index (χ2n) is 4.71. The third kappa shape index (κ3) is 3.88. The van der Waals surface area contributed by atoms with Gasteiger partial charge in [-0.1, -0.05) is 29.8 Å². The average Bonchev–Trinajstić information content (AvgIpc) is 2.43. The molecule has 20 heavy (non-hydrogen) atoms. The number of piperidine rings is 1. The Bertz CT molecular complexity index is 450. The molecule has 1 saturated heterocycles. The summed E-state index contributed by atoms with van der Waals surface area (Å²) in [5, 5.41) is 10.1. The normalized spacial score (nSPS) is 18.1. The summed E-state index contributed by atoms with van der Waals surface area (Å²) in [5.74, 6) is -0.315. The molecule has 0 unspecified atom stereocenters. The fourth-order valence-corrected chi connectivity index (χ4v) is 2.66. The Morgan fingerprint density at radius 1 is 1.40 bits per heavy atom. The minimum Gasteiger partial charge on any atom is -0.468 e. The molecular formula is C14H20ClNO3S. The number of halogens is 1. The molecule has 112 valence electrons. The number of carbonyl (C=O) groups is 1. The van der Waals surface area contributed by atoms with Crippen molar-refractivity contribution in [1.82, 2.24) is 4.90 Å². The van der Waals surface area contributed by atoms with Gasteiger partial charge in [0.05, 0.1) is 13.2 Å². The molecule has 0 spiro atoms. The molecule has 1 aliphatic rings. The number of benzene rings is 1. The van der Waals surface area contributed by atoms with Gasteiger partial charge in [-0.25, -0.2) is 4.79 Å². The van der Waals surface area contributed by atoms with Crippen molar-refractivity contribution in [2.45, 2.75) is 25.0 Å². The van der Waals surface area contributed by atoms with Crippen molar-refractivity contribution < 1.29 is 14.6 Å². The lowest BCUT2D eigenvalue weighted by molar-refractivity contribution is -0.148. The van der Waals surface area contributed by atoms with Crippen LogP contribution in [0.15, 0.2) is 24.3 Å². The third-order valence-corrected chi connectivity index (χ3v) is 3.83. The van der Waals surface area contributed by atoms with Crippen LogP contribution in [0, 0.1) is 0 Å². The summed E-state index contributed by atoms with van der Waals surface area (Å²) in [6, 6.07) is 6.81. The lowest BCUT2D eigenvalue weighted by atomic mass is 10.0. The van der Waals surface area contributed by atoms with E-state index < -0.39 is 6.04 Å². The first kappa shape index (κ1) is 17.3. The van der Waals surface area contributed by atoms with Crippen LogP contribution in [-0.4, -0.2) is 42.3 Å². The zero-order valence-electron chi connectivity index (χ0n) is 11.4. The van der Waals surface area contributed by atoms with Crippen LogP contribution in [0.2, 0.25) is 5.02 Å². The Hall–Kier alpha value is -0.750. The summed E-state index contributed by atoms with van der Waals surface area (Å²) in [6.45, 7) is 1.32. The van der Waals surface area contributed by atoms with Gasteiger partial charge in [0.1, 0.15) is 6.04 Å². The molecule has 0 radical (unpaired) electrons. The van der Waals surface area contributed by atoms with Crippen molar-refractivity contribution in [3.8, 4) is 0 Å². The second-order valence-corrected chi connectivity index (χ2v) is 5.12. The number of likely N-dealkylation sites (tertiary alicyclic amines) is 1. The molecule has 1 fully saturated rings. The summed E-state index contributed by atoms with van der Waals surface area (Å²) in [4.78, 5) is 14.1. The van der Waals surface area contributed by atoms with Crippen molar-refractivity contribution >= 4 is 31.1 Å². The van der Waals surface area contributed by atoms with E-state index in [1.807, 2.05) is 23.1 Å². The van der Waals surface area contributed by atoms with Crippen molar-refractivity contribution in [3.63, 3.8) is 0 Å². The van der Waals surface area contributed by atoms with E-state index in [1.54, 1.807) is 6.07 Å². The van der Waals surface area contributed by atoms with Crippen LogP contribution in [0.5, 0.6) is 0 Å². The van der Waals surface area contributed by atoms with Gasteiger partial charge in [-0.05, 0) is 24.5 Å². The first-order valence-electron chi connectivity index (χ1n) is 6.38. The fraction of sp³-hybridized carbons (Fsp3) is 0.500. The number of carbonyl (C=O) groups excluding carboxylic acids is 1. The van der Waals surface area contributed by atoms with Gasteiger partial charge in [0.25, 0.3) is 0 Å². The highest BCUT2D eigenvalue weighted by atomic mass is 35.5. The first-order valence-corrected chi connectivity index (χ1v) is 6.75. The molecule has 0 aromatic heterocycles. The number of esters is 1. The van der Waals surface area contributed by atoms with E-state index in [1.165, 1.54) is 7.11 Å². The minimum atomic E-state index is -0.494. The highest BCUT2D eigenvalue weighted by Crippen LogP contribution is 2.30. The van der Waals surface area contributed by atoms with Crippen molar-refractivity contribution in [1.29, 1.82) is 0 Å². The largest absolute Gasteiger partial charge is 0.468 e. The number of hydrogen-bond donors (Lipinski definition) is 1. The van der Waals surface area contributed by atoms with E-state index in [2.05, 4.69) is 0 Å². The Morgan fingerprint density at radius 3 is 2.55 bits per heavy atom. The SMILES string of the molecule is COC(=O)[C@H](c1ccccc1Cl)N1CCC(O)CC1.S. The molecule has 0 bridgehead atoms. The van der Waals surface area contributed by atoms with Gasteiger partial charge < -0.3 is 9.84 Å². The molecule has 2 rings (SSSR count). The predicted octanol–water partition coefficient (Wildman–Crippen LogP) is 2.12. The Kier molecular flexibility index (Phi) is 6.82. The molecular weight excluding hydrogens is 298 g/mol. The number of rotatable bonds is 3. The maximum atomic E-state index is 12.1. The predicted molar refractivity (Wildman–Crippen MR) is 83.4 cm³/mol. The van der Waals surface area contributed by atoms with Gasteiger partial charge >= 0.3 is 5.97 Å². The van der Waals surface area contributed by atoms with E-state index in [0.717, 1.165) is 5.56 Å². The van der Waals surface area contributed by atoms with E-state index in [0.29, 0.717) is 31.0 Å². The zero-order valence-corrected chi connectivity index (χ0v) is 13.1.